The average Bonchev–Trinajstić information content (AvgIpc) is 3.15. The van der Waals surface area contributed by atoms with Crippen LogP contribution in [0, 0.1) is 0 Å². The van der Waals surface area contributed by atoms with E-state index in [0.29, 0.717) is 5.82 Å². The van der Waals surface area contributed by atoms with Gasteiger partial charge in [0.25, 0.3) is 0 Å². The van der Waals surface area contributed by atoms with Gasteiger partial charge in [-0.15, -0.1) is 0 Å². The molecule has 0 bridgehead atoms. The topological polar surface area (TPSA) is 38.7 Å². The van der Waals surface area contributed by atoms with Crippen molar-refractivity contribution in [1.82, 2.24) is 15.0 Å². The summed E-state index contributed by atoms with van der Waals surface area (Å²) in [6, 6.07) is 34.3. The van der Waals surface area contributed by atoms with Crippen molar-refractivity contribution in [3.8, 4) is 45.0 Å². The van der Waals surface area contributed by atoms with Crippen molar-refractivity contribution in [2.45, 2.75) is 39.0 Å². The lowest BCUT2D eigenvalue weighted by molar-refractivity contribution is 0.660. The van der Waals surface area contributed by atoms with Gasteiger partial charge >= 0.3 is 0 Å². The zero-order chi connectivity index (χ0) is 24.9. The van der Waals surface area contributed by atoms with Crippen LogP contribution in [0.3, 0.4) is 0 Å². The third-order valence-corrected chi connectivity index (χ3v) is 7.26. The Morgan fingerprint density at radius 1 is 0.528 bits per heavy atom. The van der Waals surface area contributed by atoms with E-state index < -0.39 is 0 Å². The second-order valence-electron chi connectivity index (χ2n) is 10.4. The molecule has 1 aromatic heterocycles. The summed E-state index contributed by atoms with van der Waals surface area (Å²) in [4.78, 5) is 14.7. The van der Waals surface area contributed by atoms with Crippen LogP contribution in [0.2, 0.25) is 0 Å². The molecule has 0 spiro atoms. The molecule has 176 valence electrons. The van der Waals surface area contributed by atoms with Crippen LogP contribution in [-0.4, -0.2) is 15.0 Å². The number of nitrogens with zero attached hydrogens (tertiary/aromatic N) is 3. The third kappa shape index (κ3) is 3.72. The molecule has 3 heteroatoms. The SMILES string of the molecule is CC(C)c1nc(-c2ccc(-c3ccccc3)cc2)nc(-c2ccc3c(c2)C(C)(C)c2ccccc2-3)n1. The monoisotopic (exact) mass is 467 g/mol. The number of rotatable bonds is 4. The fraction of sp³-hybridized carbons (Fsp3) is 0.182. The van der Waals surface area contributed by atoms with Crippen molar-refractivity contribution in [3.05, 3.63) is 114 Å². The predicted molar refractivity (Wildman–Crippen MR) is 148 cm³/mol. The van der Waals surface area contributed by atoms with Gasteiger partial charge in [0.05, 0.1) is 0 Å². The van der Waals surface area contributed by atoms with Crippen molar-refractivity contribution in [1.29, 1.82) is 0 Å². The second kappa shape index (κ2) is 8.53. The van der Waals surface area contributed by atoms with Crippen molar-refractivity contribution in [2.75, 3.05) is 0 Å². The van der Waals surface area contributed by atoms with Gasteiger partial charge in [-0.1, -0.05) is 119 Å². The molecule has 1 aliphatic carbocycles. The molecule has 5 aromatic rings. The Bertz CT molecular complexity index is 1570. The molecule has 0 radical (unpaired) electrons. The van der Waals surface area contributed by atoms with Gasteiger partial charge in [-0.25, -0.2) is 15.0 Å². The Balaban J connectivity index is 1.43. The molecule has 0 saturated carbocycles. The molecule has 1 heterocycles. The van der Waals surface area contributed by atoms with Gasteiger partial charge in [-0.05, 0) is 39.4 Å². The first kappa shape index (κ1) is 22.4. The first-order valence-electron chi connectivity index (χ1n) is 12.6. The Hall–Kier alpha value is -4.11. The largest absolute Gasteiger partial charge is 0.213 e. The highest BCUT2D eigenvalue weighted by Gasteiger charge is 2.35. The Morgan fingerprint density at radius 2 is 1.08 bits per heavy atom. The molecule has 36 heavy (non-hydrogen) atoms. The first-order valence-corrected chi connectivity index (χ1v) is 12.6. The molecule has 0 atom stereocenters. The molecular formula is C33H29N3. The number of benzene rings is 4. The average molecular weight is 468 g/mol. The van der Waals surface area contributed by atoms with Crippen LogP contribution < -0.4 is 0 Å². The third-order valence-electron chi connectivity index (χ3n) is 7.26. The lowest BCUT2D eigenvalue weighted by Crippen LogP contribution is -2.15. The fourth-order valence-corrected chi connectivity index (χ4v) is 5.19. The maximum absolute atomic E-state index is 4.96. The van der Waals surface area contributed by atoms with E-state index in [0.717, 1.165) is 22.8 Å². The normalized spacial score (nSPS) is 13.5. The van der Waals surface area contributed by atoms with Crippen LogP contribution >= 0.6 is 0 Å². The summed E-state index contributed by atoms with van der Waals surface area (Å²) in [5.41, 5.74) is 9.65. The van der Waals surface area contributed by atoms with Crippen molar-refractivity contribution in [2.24, 2.45) is 0 Å². The van der Waals surface area contributed by atoms with Gasteiger partial charge in [0, 0.05) is 22.5 Å². The summed E-state index contributed by atoms with van der Waals surface area (Å²) in [7, 11) is 0. The minimum atomic E-state index is -0.0635. The number of aromatic nitrogens is 3. The van der Waals surface area contributed by atoms with Crippen molar-refractivity contribution < 1.29 is 0 Å². The molecule has 0 saturated heterocycles. The van der Waals surface area contributed by atoms with Gasteiger partial charge in [-0.2, -0.15) is 0 Å². The summed E-state index contributed by atoms with van der Waals surface area (Å²) in [6.07, 6.45) is 0. The second-order valence-corrected chi connectivity index (χ2v) is 10.4. The zero-order valence-electron chi connectivity index (χ0n) is 21.2. The van der Waals surface area contributed by atoms with E-state index in [2.05, 4.69) is 119 Å². The number of fused-ring (bicyclic) bond motifs is 3. The quantitative estimate of drug-likeness (QED) is 0.267. The Morgan fingerprint density at radius 3 is 1.81 bits per heavy atom. The molecular weight excluding hydrogens is 438 g/mol. The first-order chi connectivity index (χ1) is 17.4. The van der Waals surface area contributed by atoms with E-state index in [1.54, 1.807) is 0 Å². The zero-order valence-corrected chi connectivity index (χ0v) is 21.2. The minimum absolute atomic E-state index is 0.0635. The minimum Gasteiger partial charge on any atom is -0.213 e. The molecule has 0 amide bonds. The smallest absolute Gasteiger partial charge is 0.163 e. The van der Waals surface area contributed by atoms with E-state index in [-0.39, 0.29) is 11.3 Å². The lowest BCUT2D eigenvalue weighted by Gasteiger charge is -2.21. The Labute approximate surface area is 213 Å². The van der Waals surface area contributed by atoms with Gasteiger partial charge in [0.15, 0.2) is 11.6 Å². The number of hydrogen-bond acceptors (Lipinski definition) is 3. The molecule has 6 rings (SSSR count). The van der Waals surface area contributed by atoms with Crippen LogP contribution in [0.4, 0.5) is 0 Å². The Kier molecular flexibility index (Phi) is 5.30. The van der Waals surface area contributed by atoms with Crippen LogP contribution in [-0.2, 0) is 5.41 Å². The highest BCUT2D eigenvalue weighted by molar-refractivity contribution is 5.83. The predicted octanol–water partition coefficient (Wildman–Crippen LogP) is 8.30. The van der Waals surface area contributed by atoms with Crippen LogP contribution in [0.5, 0.6) is 0 Å². The van der Waals surface area contributed by atoms with E-state index in [1.165, 1.54) is 33.4 Å². The summed E-state index contributed by atoms with van der Waals surface area (Å²) in [5.74, 6) is 2.45. The molecule has 0 unspecified atom stereocenters. The van der Waals surface area contributed by atoms with Gasteiger partial charge < -0.3 is 0 Å². The van der Waals surface area contributed by atoms with Gasteiger partial charge in [0.1, 0.15) is 5.82 Å². The van der Waals surface area contributed by atoms with Crippen molar-refractivity contribution in [3.63, 3.8) is 0 Å². The maximum Gasteiger partial charge on any atom is 0.163 e. The fourth-order valence-electron chi connectivity index (χ4n) is 5.19. The highest BCUT2D eigenvalue weighted by atomic mass is 15.0. The summed E-state index contributed by atoms with van der Waals surface area (Å²) >= 11 is 0. The molecule has 4 aromatic carbocycles. The molecule has 0 fully saturated rings. The molecule has 3 nitrogen and oxygen atoms in total. The van der Waals surface area contributed by atoms with Crippen LogP contribution in [0.1, 0.15) is 50.6 Å². The molecule has 0 aliphatic heterocycles. The van der Waals surface area contributed by atoms with E-state index in [1.807, 2.05) is 6.07 Å². The summed E-state index contributed by atoms with van der Waals surface area (Å²) in [5, 5.41) is 0. The van der Waals surface area contributed by atoms with E-state index in [4.69, 9.17) is 15.0 Å². The highest BCUT2D eigenvalue weighted by Crippen LogP contribution is 2.49. The summed E-state index contributed by atoms with van der Waals surface area (Å²) in [6.45, 7) is 8.86. The number of hydrogen-bond donors (Lipinski definition) is 0. The maximum atomic E-state index is 4.96. The van der Waals surface area contributed by atoms with Gasteiger partial charge in [0.2, 0.25) is 0 Å². The van der Waals surface area contributed by atoms with Crippen LogP contribution in [0.15, 0.2) is 97.1 Å². The van der Waals surface area contributed by atoms with E-state index in [9.17, 15) is 0 Å². The summed E-state index contributed by atoms with van der Waals surface area (Å²) < 4.78 is 0. The van der Waals surface area contributed by atoms with Crippen LogP contribution in [0.25, 0.3) is 45.0 Å². The molecule has 1 aliphatic rings. The molecule has 0 N–H and O–H groups in total. The lowest BCUT2D eigenvalue weighted by atomic mass is 9.82. The van der Waals surface area contributed by atoms with Gasteiger partial charge in [-0.3, -0.25) is 0 Å². The van der Waals surface area contributed by atoms with E-state index >= 15 is 0 Å². The standard InChI is InChI=1S/C33H29N3/c1-21(2)30-34-31(24-16-14-23(15-17-24)22-10-6-5-7-11-22)36-32(35-30)25-18-19-27-26-12-8-9-13-28(26)33(3,4)29(27)20-25/h5-21H,1-4H3. The van der Waals surface area contributed by atoms with Crippen molar-refractivity contribution >= 4 is 0 Å².